The van der Waals surface area contributed by atoms with E-state index in [9.17, 15) is 41.0 Å². The molecule has 3 rings (SSSR count). The molecule has 3 aromatic rings. The molecule has 1 N–H and O–H groups in total. The highest BCUT2D eigenvalue weighted by Gasteiger charge is 2.36. The number of carboxylic acid groups (broad SMARTS) is 1. The van der Waals surface area contributed by atoms with Crippen molar-refractivity contribution in [1.29, 1.82) is 0 Å². The van der Waals surface area contributed by atoms with Crippen LogP contribution in [0.2, 0.25) is 5.02 Å². The summed E-state index contributed by atoms with van der Waals surface area (Å²) in [6, 6.07) is 4.65. The summed E-state index contributed by atoms with van der Waals surface area (Å²) in [4.78, 5) is 33.2. The number of rotatable bonds is 6. The summed E-state index contributed by atoms with van der Waals surface area (Å²) in [5.74, 6) is -3.72. The van der Waals surface area contributed by atoms with Crippen molar-refractivity contribution in [3.8, 4) is 11.6 Å². The van der Waals surface area contributed by atoms with Crippen LogP contribution in [0.15, 0.2) is 48.8 Å². The lowest BCUT2D eigenvalue weighted by molar-refractivity contribution is -0.139. The fourth-order valence-corrected chi connectivity index (χ4v) is 3.49. The average Bonchev–Trinajstić information content (AvgIpc) is 2.78. The van der Waals surface area contributed by atoms with Gasteiger partial charge in [-0.15, -0.1) is 0 Å². The Morgan fingerprint density at radius 2 is 1.70 bits per heavy atom. The predicted molar refractivity (Wildman–Crippen MR) is 119 cm³/mol. The second-order valence-electron chi connectivity index (χ2n) is 7.76. The molecule has 196 valence electrons. The molecule has 0 atom stereocenters. The molecule has 0 saturated carbocycles. The van der Waals surface area contributed by atoms with E-state index in [-0.39, 0.29) is 11.4 Å². The number of benzene rings is 1. The lowest BCUT2D eigenvalue weighted by Crippen LogP contribution is -2.38. The third-order valence-electron chi connectivity index (χ3n) is 4.86. The maximum atomic E-state index is 13.3. The van der Waals surface area contributed by atoms with E-state index in [2.05, 4.69) is 9.97 Å². The normalized spacial score (nSPS) is 11.9. The van der Waals surface area contributed by atoms with Crippen molar-refractivity contribution in [2.75, 3.05) is 4.90 Å². The second-order valence-corrected chi connectivity index (χ2v) is 8.17. The molecule has 1 amide bonds. The van der Waals surface area contributed by atoms with Gasteiger partial charge < -0.3 is 14.7 Å². The van der Waals surface area contributed by atoms with E-state index in [1.807, 2.05) is 0 Å². The monoisotopic (exact) mass is 547 g/mol. The van der Waals surface area contributed by atoms with Crippen LogP contribution in [0.5, 0.6) is 11.6 Å². The van der Waals surface area contributed by atoms with Gasteiger partial charge in [-0.3, -0.25) is 4.79 Å². The molecule has 1 aromatic carbocycles. The van der Waals surface area contributed by atoms with E-state index in [4.69, 9.17) is 16.3 Å². The van der Waals surface area contributed by atoms with Gasteiger partial charge in [-0.1, -0.05) is 11.6 Å². The first-order chi connectivity index (χ1) is 17.1. The number of carbonyl (C=O) groups excluding carboxylic acids is 1. The van der Waals surface area contributed by atoms with Crippen molar-refractivity contribution in [3.63, 3.8) is 0 Å². The largest absolute Gasteiger partial charge is 0.478 e. The van der Waals surface area contributed by atoms with Crippen LogP contribution in [-0.2, 0) is 12.4 Å². The Morgan fingerprint density at radius 1 is 1.03 bits per heavy atom. The van der Waals surface area contributed by atoms with Gasteiger partial charge in [0.05, 0.1) is 21.8 Å². The molecule has 0 fully saturated rings. The highest BCUT2D eigenvalue weighted by molar-refractivity contribution is 6.34. The zero-order valence-electron chi connectivity index (χ0n) is 18.9. The molecule has 0 aliphatic carbocycles. The summed E-state index contributed by atoms with van der Waals surface area (Å²) in [6.45, 7) is 2.99. The summed E-state index contributed by atoms with van der Waals surface area (Å²) in [5, 5.41) is 9.13. The molecule has 0 saturated heterocycles. The molecule has 2 heterocycles. The summed E-state index contributed by atoms with van der Waals surface area (Å²) in [6.07, 6.45) is -8.09. The number of nitrogens with zero attached hydrogens (tertiary/aromatic N) is 3. The number of aromatic carboxylic acids is 1. The summed E-state index contributed by atoms with van der Waals surface area (Å²) >= 11 is 5.89. The van der Waals surface area contributed by atoms with Gasteiger partial charge in [-0.05, 0) is 50.2 Å². The molecule has 14 heteroatoms. The minimum Gasteiger partial charge on any atom is -0.478 e. The lowest BCUT2D eigenvalue weighted by atomic mass is 10.1. The number of aromatic nitrogens is 2. The highest BCUT2D eigenvalue weighted by Crippen LogP contribution is 2.38. The van der Waals surface area contributed by atoms with E-state index in [1.165, 1.54) is 13.8 Å². The number of anilines is 1. The number of halogens is 7. The van der Waals surface area contributed by atoms with Crippen LogP contribution < -0.4 is 9.64 Å². The molecule has 37 heavy (non-hydrogen) atoms. The van der Waals surface area contributed by atoms with Gasteiger partial charge in [0.15, 0.2) is 0 Å². The third kappa shape index (κ3) is 6.10. The van der Waals surface area contributed by atoms with Gasteiger partial charge in [0, 0.05) is 18.4 Å². The SMILES string of the molecule is CC(C)N(C(=O)c1ncc(C(F)(F)F)cc1Cl)c1ccc(Oc2ncccc2C(F)(F)F)cc1C(=O)O. The third-order valence-corrected chi connectivity index (χ3v) is 5.14. The first-order valence-corrected chi connectivity index (χ1v) is 10.6. The Hall–Kier alpha value is -3.87. The molecule has 0 aliphatic heterocycles. The molecule has 2 aromatic heterocycles. The van der Waals surface area contributed by atoms with Gasteiger partial charge in [0.2, 0.25) is 5.88 Å². The number of carbonyl (C=O) groups is 2. The van der Waals surface area contributed by atoms with Crippen molar-refractivity contribution >= 4 is 29.2 Å². The smallest absolute Gasteiger partial charge is 0.421 e. The number of hydrogen-bond acceptors (Lipinski definition) is 5. The van der Waals surface area contributed by atoms with E-state index in [0.29, 0.717) is 12.3 Å². The van der Waals surface area contributed by atoms with E-state index in [0.717, 1.165) is 41.4 Å². The van der Waals surface area contributed by atoms with Crippen LogP contribution in [0, 0.1) is 0 Å². The summed E-state index contributed by atoms with van der Waals surface area (Å²) in [5.41, 5.74) is -3.73. The van der Waals surface area contributed by atoms with Crippen molar-refractivity contribution in [2.45, 2.75) is 32.2 Å². The lowest BCUT2D eigenvalue weighted by Gasteiger charge is -2.28. The molecule has 0 unspecified atom stereocenters. The zero-order chi connectivity index (χ0) is 27.7. The maximum absolute atomic E-state index is 13.3. The molecule has 0 bridgehead atoms. The Morgan fingerprint density at radius 3 is 2.24 bits per heavy atom. The molecule has 0 aliphatic rings. The number of hydrogen-bond donors (Lipinski definition) is 1. The standard InChI is InChI=1S/C23H16ClF6N3O4/c1-11(2)33(20(34)18-16(24)8-12(10-32-18)22(25,26)27)17-6-5-13(9-14(17)21(35)36)37-19-15(23(28,29)30)4-3-7-31-19/h3-11H,1-2H3,(H,35,36). The Labute approximate surface area is 210 Å². The number of amides is 1. The van der Waals surface area contributed by atoms with Crippen LogP contribution in [0.4, 0.5) is 32.0 Å². The Balaban J connectivity index is 2.05. The fourth-order valence-electron chi connectivity index (χ4n) is 3.25. The van der Waals surface area contributed by atoms with Crippen LogP contribution in [-0.4, -0.2) is 33.0 Å². The molecule has 0 radical (unpaired) electrons. The molecular weight excluding hydrogens is 532 g/mol. The van der Waals surface area contributed by atoms with Crippen molar-refractivity contribution < 1.29 is 45.8 Å². The van der Waals surface area contributed by atoms with Gasteiger partial charge in [0.25, 0.3) is 5.91 Å². The first kappa shape index (κ1) is 27.7. The van der Waals surface area contributed by atoms with Gasteiger partial charge in [-0.2, -0.15) is 26.3 Å². The molecule has 0 spiro atoms. The number of pyridine rings is 2. The number of ether oxygens (including phenoxy) is 1. The van der Waals surface area contributed by atoms with Crippen molar-refractivity contribution in [1.82, 2.24) is 9.97 Å². The summed E-state index contributed by atoms with van der Waals surface area (Å²) in [7, 11) is 0. The van der Waals surface area contributed by atoms with Gasteiger partial charge in [-0.25, -0.2) is 14.8 Å². The Kier molecular flexibility index (Phi) is 7.67. The van der Waals surface area contributed by atoms with E-state index >= 15 is 0 Å². The van der Waals surface area contributed by atoms with Crippen molar-refractivity contribution in [3.05, 3.63) is 76.2 Å². The van der Waals surface area contributed by atoms with Crippen LogP contribution >= 0.6 is 11.6 Å². The average molecular weight is 548 g/mol. The van der Waals surface area contributed by atoms with E-state index in [1.54, 1.807) is 0 Å². The highest BCUT2D eigenvalue weighted by atomic mass is 35.5. The topological polar surface area (TPSA) is 92.6 Å². The quantitative estimate of drug-likeness (QED) is 0.345. The fraction of sp³-hybridized carbons (Fsp3) is 0.217. The van der Waals surface area contributed by atoms with Crippen molar-refractivity contribution in [2.24, 2.45) is 0 Å². The molecular formula is C23H16ClF6N3O4. The van der Waals surface area contributed by atoms with Crippen LogP contribution in [0.1, 0.15) is 45.8 Å². The minimum atomic E-state index is -4.80. The second kappa shape index (κ2) is 10.2. The number of carboxylic acids is 1. The first-order valence-electron chi connectivity index (χ1n) is 10.2. The summed E-state index contributed by atoms with van der Waals surface area (Å²) < 4.78 is 83.8. The predicted octanol–water partition coefficient (Wildman–Crippen LogP) is 6.71. The van der Waals surface area contributed by atoms with Crippen LogP contribution in [0.25, 0.3) is 0 Å². The number of alkyl halides is 6. The zero-order valence-corrected chi connectivity index (χ0v) is 19.6. The Bertz CT molecular complexity index is 1340. The van der Waals surface area contributed by atoms with Gasteiger partial charge in [0.1, 0.15) is 17.0 Å². The maximum Gasteiger partial charge on any atom is 0.421 e. The van der Waals surface area contributed by atoms with E-state index < -0.39 is 63.6 Å². The minimum absolute atomic E-state index is 0.227. The van der Waals surface area contributed by atoms with Gasteiger partial charge >= 0.3 is 18.3 Å². The van der Waals surface area contributed by atoms with Crippen LogP contribution in [0.3, 0.4) is 0 Å². The molecule has 7 nitrogen and oxygen atoms in total.